The first kappa shape index (κ1) is 9.80. The van der Waals surface area contributed by atoms with Gasteiger partial charge in [-0.25, -0.2) is 4.39 Å². The van der Waals surface area contributed by atoms with Crippen LogP contribution >= 0.6 is 11.6 Å². The maximum absolute atomic E-state index is 13.1. The molecule has 1 aromatic carbocycles. The third-order valence-corrected chi connectivity index (χ3v) is 1.77. The average molecular weight is 204 g/mol. The van der Waals surface area contributed by atoms with Crippen molar-refractivity contribution in [1.82, 2.24) is 0 Å². The molecule has 0 fully saturated rings. The molecule has 70 valence electrons. The van der Waals surface area contributed by atoms with E-state index in [4.69, 9.17) is 21.5 Å². The summed E-state index contributed by atoms with van der Waals surface area (Å²) in [5.41, 5.74) is 0.0324. The van der Waals surface area contributed by atoms with Crippen molar-refractivity contribution in [3.8, 4) is 5.75 Å². The van der Waals surface area contributed by atoms with E-state index in [1.54, 1.807) is 0 Å². The standard InChI is InChI=1S/C8H7ClFNO2/c1-13-5-2-3-6(7(10)4-5)8(9)11-12/h2-4,12H,1H3/b11-8-. The van der Waals surface area contributed by atoms with Gasteiger partial charge in [0.25, 0.3) is 0 Å². The van der Waals surface area contributed by atoms with Crippen LogP contribution < -0.4 is 4.74 Å². The summed E-state index contributed by atoms with van der Waals surface area (Å²) >= 11 is 5.41. The largest absolute Gasteiger partial charge is 0.497 e. The summed E-state index contributed by atoms with van der Waals surface area (Å²) in [6.45, 7) is 0. The normalized spacial score (nSPS) is 11.5. The van der Waals surface area contributed by atoms with Gasteiger partial charge in [-0.2, -0.15) is 0 Å². The second-order valence-electron chi connectivity index (χ2n) is 2.24. The Morgan fingerprint density at radius 3 is 2.77 bits per heavy atom. The van der Waals surface area contributed by atoms with Gasteiger partial charge in [0.1, 0.15) is 11.6 Å². The zero-order chi connectivity index (χ0) is 9.84. The zero-order valence-electron chi connectivity index (χ0n) is 6.79. The van der Waals surface area contributed by atoms with Gasteiger partial charge >= 0.3 is 0 Å². The van der Waals surface area contributed by atoms with Crippen molar-refractivity contribution < 1.29 is 14.3 Å². The van der Waals surface area contributed by atoms with Crippen molar-refractivity contribution in [2.45, 2.75) is 0 Å². The molecule has 5 heteroatoms. The van der Waals surface area contributed by atoms with Gasteiger partial charge in [-0.1, -0.05) is 16.8 Å². The number of hydrogen-bond donors (Lipinski definition) is 1. The summed E-state index contributed by atoms with van der Waals surface area (Å²) in [6, 6.07) is 4.05. The number of oxime groups is 1. The summed E-state index contributed by atoms with van der Waals surface area (Å²) in [4.78, 5) is 0. The monoisotopic (exact) mass is 203 g/mol. The van der Waals surface area contributed by atoms with Crippen LogP contribution in [0.2, 0.25) is 0 Å². The molecule has 0 spiro atoms. The van der Waals surface area contributed by atoms with Gasteiger partial charge in [-0.05, 0) is 12.1 Å². The maximum Gasteiger partial charge on any atom is 0.178 e. The Labute approximate surface area is 79.4 Å². The Morgan fingerprint density at radius 2 is 2.31 bits per heavy atom. The molecule has 13 heavy (non-hydrogen) atoms. The van der Waals surface area contributed by atoms with Crippen LogP contribution in [0, 0.1) is 5.82 Å². The Hall–Kier alpha value is -1.29. The number of rotatable bonds is 2. The summed E-state index contributed by atoms with van der Waals surface area (Å²) in [7, 11) is 1.43. The predicted octanol–water partition coefficient (Wildman–Crippen LogP) is 2.21. The minimum absolute atomic E-state index is 0.0324. The van der Waals surface area contributed by atoms with Crippen molar-refractivity contribution in [3.05, 3.63) is 29.6 Å². The van der Waals surface area contributed by atoms with E-state index in [0.29, 0.717) is 5.75 Å². The van der Waals surface area contributed by atoms with E-state index in [-0.39, 0.29) is 10.7 Å². The van der Waals surface area contributed by atoms with Crippen LogP contribution in [0.5, 0.6) is 5.75 Å². The van der Waals surface area contributed by atoms with Gasteiger partial charge in [0.2, 0.25) is 0 Å². The molecule has 0 bridgehead atoms. The quantitative estimate of drug-likeness (QED) is 0.455. The van der Waals surface area contributed by atoms with Crippen molar-refractivity contribution in [2.75, 3.05) is 7.11 Å². The van der Waals surface area contributed by atoms with Crippen LogP contribution in [0.1, 0.15) is 5.56 Å². The molecular formula is C8H7ClFNO2. The summed E-state index contributed by atoms with van der Waals surface area (Å²) in [5, 5.41) is 10.7. The first-order chi connectivity index (χ1) is 6.19. The molecule has 0 atom stereocenters. The molecule has 0 aromatic heterocycles. The lowest BCUT2D eigenvalue weighted by molar-refractivity contribution is 0.320. The molecule has 1 N–H and O–H groups in total. The lowest BCUT2D eigenvalue weighted by Crippen LogP contribution is -1.96. The first-order valence-electron chi connectivity index (χ1n) is 3.40. The lowest BCUT2D eigenvalue weighted by atomic mass is 10.2. The molecule has 1 rings (SSSR count). The second kappa shape index (κ2) is 4.09. The van der Waals surface area contributed by atoms with Crippen molar-refractivity contribution in [1.29, 1.82) is 0 Å². The highest BCUT2D eigenvalue weighted by Crippen LogP contribution is 2.17. The van der Waals surface area contributed by atoms with Crippen LogP contribution in [-0.2, 0) is 0 Å². The maximum atomic E-state index is 13.1. The third-order valence-electron chi connectivity index (χ3n) is 1.49. The van der Waals surface area contributed by atoms with E-state index in [1.807, 2.05) is 0 Å². The fourth-order valence-electron chi connectivity index (χ4n) is 0.844. The fraction of sp³-hybridized carbons (Fsp3) is 0.125. The van der Waals surface area contributed by atoms with Crippen molar-refractivity contribution in [2.24, 2.45) is 5.16 Å². The van der Waals surface area contributed by atoms with E-state index in [1.165, 1.54) is 19.2 Å². The van der Waals surface area contributed by atoms with E-state index >= 15 is 0 Å². The van der Waals surface area contributed by atoms with E-state index in [0.717, 1.165) is 6.07 Å². The van der Waals surface area contributed by atoms with Crippen LogP contribution in [0.4, 0.5) is 4.39 Å². The Morgan fingerprint density at radius 1 is 1.62 bits per heavy atom. The Kier molecular flexibility index (Phi) is 3.08. The molecule has 0 amide bonds. The van der Waals surface area contributed by atoms with E-state index < -0.39 is 5.82 Å². The third kappa shape index (κ3) is 2.09. The number of hydrogen-bond acceptors (Lipinski definition) is 3. The minimum atomic E-state index is -0.595. The fourth-order valence-corrected chi connectivity index (χ4v) is 0.997. The Balaban J connectivity index is 3.12. The molecule has 0 heterocycles. The summed E-state index contributed by atoms with van der Waals surface area (Å²) < 4.78 is 17.9. The Bertz CT molecular complexity index is 341. The molecule has 0 unspecified atom stereocenters. The van der Waals surface area contributed by atoms with Crippen LogP contribution in [0.25, 0.3) is 0 Å². The van der Waals surface area contributed by atoms with Gasteiger partial charge in [0, 0.05) is 6.07 Å². The number of methoxy groups -OCH3 is 1. The van der Waals surface area contributed by atoms with Crippen LogP contribution in [-0.4, -0.2) is 17.5 Å². The highest BCUT2D eigenvalue weighted by Gasteiger charge is 2.08. The molecule has 0 saturated heterocycles. The van der Waals surface area contributed by atoms with Crippen LogP contribution in [0.3, 0.4) is 0 Å². The van der Waals surface area contributed by atoms with E-state index in [9.17, 15) is 4.39 Å². The van der Waals surface area contributed by atoms with Gasteiger partial charge in [-0.3, -0.25) is 0 Å². The van der Waals surface area contributed by atoms with Crippen LogP contribution in [0.15, 0.2) is 23.4 Å². The van der Waals surface area contributed by atoms with Crippen molar-refractivity contribution in [3.63, 3.8) is 0 Å². The van der Waals surface area contributed by atoms with Gasteiger partial charge < -0.3 is 9.94 Å². The van der Waals surface area contributed by atoms with Gasteiger partial charge in [-0.15, -0.1) is 0 Å². The molecule has 0 aliphatic rings. The molecule has 1 aromatic rings. The number of nitrogens with zero attached hydrogens (tertiary/aromatic N) is 1. The predicted molar refractivity (Wildman–Crippen MR) is 47.1 cm³/mol. The molecule has 0 aliphatic carbocycles. The zero-order valence-corrected chi connectivity index (χ0v) is 7.55. The summed E-state index contributed by atoms with van der Waals surface area (Å²) in [5.74, 6) is -0.217. The minimum Gasteiger partial charge on any atom is -0.497 e. The topological polar surface area (TPSA) is 41.8 Å². The summed E-state index contributed by atoms with van der Waals surface area (Å²) in [6.07, 6.45) is 0. The van der Waals surface area contributed by atoms with E-state index in [2.05, 4.69) is 5.16 Å². The lowest BCUT2D eigenvalue weighted by Gasteiger charge is -2.02. The van der Waals surface area contributed by atoms with Gasteiger partial charge in [0.05, 0.1) is 12.7 Å². The van der Waals surface area contributed by atoms with Crippen molar-refractivity contribution >= 4 is 16.8 Å². The molecule has 0 saturated carbocycles. The SMILES string of the molecule is COc1ccc(/C(Cl)=N/O)c(F)c1. The molecule has 3 nitrogen and oxygen atoms in total. The second-order valence-corrected chi connectivity index (χ2v) is 2.59. The molecule has 0 aliphatic heterocycles. The smallest absolute Gasteiger partial charge is 0.178 e. The number of halogens is 2. The molecule has 0 radical (unpaired) electrons. The highest BCUT2D eigenvalue weighted by atomic mass is 35.5. The van der Waals surface area contributed by atoms with Gasteiger partial charge in [0.15, 0.2) is 5.17 Å². The molecular weight excluding hydrogens is 197 g/mol. The average Bonchev–Trinajstić information content (AvgIpc) is 2.16. The first-order valence-corrected chi connectivity index (χ1v) is 3.78. The number of ether oxygens (including phenoxy) is 1. The highest BCUT2D eigenvalue weighted by molar-refractivity contribution is 6.69. The number of benzene rings is 1.